The zero-order valence-corrected chi connectivity index (χ0v) is 15.4. The van der Waals surface area contributed by atoms with Crippen molar-refractivity contribution < 1.29 is 19.2 Å². The Balaban J connectivity index is 1.97. The highest BCUT2D eigenvalue weighted by Crippen LogP contribution is 2.24. The van der Waals surface area contributed by atoms with Crippen molar-refractivity contribution in [3.8, 4) is 5.75 Å². The fraction of sp³-hybridized carbons (Fsp3) is 0.0625. The maximum absolute atomic E-state index is 12.2. The first-order chi connectivity index (χ1) is 12.8. The standard InChI is InChI=1S/C16H13ClN4O5S/c1-26-13-5-3-2-4-10(13)15(23)18-16(27)20-19-14(22)9-6-7-11(17)12(8-9)21(24)25/h2-8H,1H3,(H,19,22)(H2,18,20,23,27). The van der Waals surface area contributed by atoms with Crippen molar-refractivity contribution in [2.75, 3.05) is 7.11 Å². The highest BCUT2D eigenvalue weighted by atomic mass is 35.5. The minimum absolute atomic E-state index is 0.0162. The van der Waals surface area contributed by atoms with Crippen LogP contribution in [0.3, 0.4) is 0 Å². The molecule has 0 spiro atoms. The van der Waals surface area contributed by atoms with E-state index in [0.717, 1.165) is 6.07 Å². The lowest BCUT2D eigenvalue weighted by atomic mass is 10.2. The van der Waals surface area contributed by atoms with Crippen LogP contribution in [-0.2, 0) is 0 Å². The Morgan fingerprint density at radius 2 is 1.85 bits per heavy atom. The molecule has 0 fully saturated rings. The van der Waals surface area contributed by atoms with Gasteiger partial charge in [-0.1, -0.05) is 23.7 Å². The molecule has 2 aromatic carbocycles. The summed E-state index contributed by atoms with van der Waals surface area (Å²) in [7, 11) is 1.42. The second-order valence-corrected chi connectivity index (χ2v) is 5.80. The second kappa shape index (κ2) is 8.92. The van der Waals surface area contributed by atoms with Crippen LogP contribution in [0.1, 0.15) is 20.7 Å². The zero-order valence-electron chi connectivity index (χ0n) is 13.8. The van der Waals surface area contributed by atoms with Gasteiger partial charge >= 0.3 is 0 Å². The van der Waals surface area contributed by atoms with Crippen LogP contribution >= 0.6 is 23.8 Å². The van der Waals surface area contributed by atoms with E-state index in [1.165, 1.54) is 19.2 Å². The molecule has 27 heavy (non-hydrogen) atoms. The molecule has 0 atom stereocenters. The molecule has 0 aliphatic rings. The lowest BCUT2D eigenvalue weighted by molar-refractivity contribution is -0.384. The Kier molecular flexibility index (Phi) is 6.63. The van der Waals surface area contributed by atoms with Crippen molar-refractivity contribution in [3.63, 3.8) is 0 Å². The smallest absolute Gasteiger partial charge is 0.288 e. The van der Waals surface area contributed by atoms with Gasteiger partial charge in [0.05, 0.1) is 17.6 Å². The highest BCUT2D eigenvalue weighted by Gasteiger charge is 2.17. The Morgan fingerprint density at radius 3 is 2.52 bits per heavy atom. The molecule has 2 rings (SSSR count). The van der Waals surface area contributed by atoms with Crippen molar-refractivity contribution in [3.05, 3.63) is 68.7 Å². The number of nitro benzene ring substituents is 1. The Labute approximate surface area is 163 Å². The molecule has 0 aliphatic carbocycles. The molecule has 0 unspecified atom stereocenters. The molecule has 11 heteroatoms. The van der Waals surface area contributed by atoms with Crippen LogP contribution in [-0.4, -0.2) is 29.0 Å². The number of nitro groups is 1. The third-order valence-electron chi connectivity index (χ3n) is 3.27. The number of ether oxygens (including phenoxy) is 1. The van der Waals surface area contributed by atoms with E-state index in [2.05, 4.69) is 16.2 Å². The number of carbonyl (C=O) groups is 2. The van der Waals surface area contributed by atoms with Crippen LogP contribution < -0.4 is 20.9 Å². The molecular weight excluding hydrogens is 396 g/mol. The van der Waals surface area contributed by atoms with E-state index in [1.54, 1.807) is 24.3 Å². The normalized spacial score (nSPS) is 9.85. The van der Waals surface area contributed by atoms with Gasteiger partial charge in [0.1, 0.15) is 10.8 Å². The number of thiocarbonyl (C=S) groups is 1. The number of nitrogens with zero attached hydrogens (tertiary/aromatic N) is 1. The Hall–Kier alpha value is -3.24. The van der Waals surface area contributed by atoms with Gasteiger partial charge in [-0.3, -0.25) is 35.9 Å². The Bertz CT molecular complexity index is 921. The van der Waals surface area contributed by atoms with Crippen LogP contribution in [0.2, 0.25) is 5.02 Å². The monoisotopic (exact) mass is 408 g/mol. The summed E-state index contributed by atoms with van der Waals surface area (Å²) in [6.45, 7) is 0. The lowest BCUT2D eigenvalue weighted by Gasteiger charge is -2.12. The van der Waals surface area contributed by atoms with E-state index in [-0.39, 0.29) is 21.3 Å². The molecule has 3 N–H and O–H groups in total. The van der Waals surface area contributed by atoms with Crippen LogP contribution in [0.5, 0.6) is 5.75 Å². The number of hydrazine groups is 1. The van der Waals surface area contributed by atoms with Gasteiger partial charge in [0.15, 0.2) is 5.11 Å². The maximum Gasteiger partial charge on any atom is 0.288 e. The summed E-state index contributed by atoms with van der Waals surface area (Å²) in [6, 6.07) is 10.1. The van der Waals surface area contributed by atoms with Crippen LogP contribution in [0.15, 0.2) is 42.5 Å². The van der Waals surface area contributed by atoms with Gasteiger partial charge < -0.3 is 4.74 Å². The third-order valence-corrected chi connectivity index (χ3v) is 3.80. The van der Waals surface area contributed by atoms with Crippen LogP contribution in [0, 0.1) is 10.1 Å². The van der Waals surface area contributed by atoms with E-state index in [9.17, 15) is 19.7 Å². The molecule has 2 amide bonds. The number of hydrogen-bond acceptors (Lipinski definition) is 6. The SMILES string of the molecule is COc1ccccc1C(=O)NC(=S)NNC(=O)c1ccc(Cl)c([N+](=O)[O-])c1. The van der Waals surface area contributed by atoms with Gasteiger partial charge in [0.25, 0.3) is 17.5 Å². The number of hydrogen-bond donors (Lipinski definition) is 3. The molecule has 0 aliphatic heterocycles. The summed E-state index contributed by atoms with van der Waals surface area (Å²) >= 11 is 10.6. The molecule has 0 aromatic heterocycles. The quantitative estimate of drug-likeness (QED) is 0.402. The van der Waals surface area contributed by atoms with Crippen molar-refractivity contribution >= 4 is 46.4 Å². The molecule has 0 saturated heterocycles. The van der Waals surface area contributed by atoms with Gasteiger partial charge in [0.2, 0.25) is 0 Å². The maximum atomic E-state index is 12.2. The van der Waals surface area contributed by atoms with Crippen molar-refractivity contribution in [2.45, 2.75) is 0 Å². The van der Waals surface area contributed by atoms with E-state index in [1.807, 2.05) is 0 Å². The third kappa shape index (κ3) is 5.12. The molecule has 0 saturated carbocycles. The van der Waals surface area contributed by atoms with E-state index in [4.69, 9.17) is 28.6 Å². The molecule has 9 nitrogen and oxygen atoms in total. The number of methoxy groups -OCH3 is 1. The molecular formula is C16H13ClN4O5S. The van der Waals surface area contributed by atoms with Crippen molar-refractivity contribution in [1.29, 1.82) is 0 Å². The topological polar surface area (TPSA) is 123 Å². The second-order valence-electron chi connectivity index (χ2n) is 4.99. The molecule has 0 bridgehead atoms. The number of halogens is 1. The number of benzene rings is 2. The fourth-order valence-corrected chi connectivity index (χ4v) is 2.34. The largest absolute Gasteiger partial charge is 0.496 e. The number of rotatable bonds is 4. The highest BCUT2D eigenvalue weighted by molar-refractivity contribution is 7.80. The first kappa shape index (κ1) is 20.1. The molecule has 0 heterocycles. The minimum atomic E-state index is -0.705. The predicted molar refractivity (Wildman–Crippen MR) is 102 cm³/mol. The van der Waals surface area contributed by atoms with Gasteiger partial charge in [-0.2, -0.15) is 0 Å². The Morgan fingerprint density at radius 1 is 1.15 bits per heavy atom. The van der Waals surface area contributed by atoms with Gasteiger partial charge in [-0.15, -0.1) is 0 Å². The minimum Gasteiger partial charge on any atom is -0.496 e. The lowest BCUT2D eigenvalue weighted by Crippen LogP contribution is -2.48. The van der Waals surface area contributed by atoms with E-state index in [0.29, 0.717) is 5.75 Å². The number of nitrogens with one attached hydrogen (secondary N) is 3. The average molecular weight is 409 g/mol. The summed E-state index contributed by atoms with van der Waals surface area (Å²) in [5, 5.41) is 13.0. The van der Waals surface area contributed by atoms with Gasteiger partial charge in [0, 0.05) is 11.6 Å². The molecule has 0 radical (unpaired) electrons. The van der Waals surface area contributed by atoms with Crippen molar-refractivity contribution in [2.24, 2.45) is 0 Å². The number of amides is 2. The van der Waals surface area contributed by atoms with Gasteiger partial charge in [-0.05, 0) is 36.5 Å². The predicted octanol–water partition coefficient (Wildman–Crippen LogP) is 2.21. The number of carbonyl (C=O) groups excluding carboxylic acids is 2. The zero-order chi connectivity index (χ0) is 20.0. The summed E-state index contributed by atoms with van der Waals surface area (Å²) in [5.74, 6) is -0.889. The first-order valence-electron chi connectivity index (χ1n) is 7.32. The average Bonchev–Trinajstić information content (AvgIpc) is 2.66. The summed E-state index contributed by atoms with van der Waals surface area (Å²) in [6.07, 6.45) is 0. The summed E-state index contributed by atoms with van der Waals surface area (Å²) < 4.78 is 5.08. The molecule has 2 aromatic rings. The molecule has 140 valence electrons. The summed E-state index contributed by atoms with van der Waals surface area (Å²) in [5.41, 5.74) is 4.40. The fourth-order valence-electron chi connectivity index (χ4n) is 2.01. The summed E-state index contributed by atoms with van der Waals surface area (Å²) in [4.78, 5) is 34.4. The van der Waals surface area contributed by atoms with Gasteiger partial charge in [-0.25, -0.2) is 0 Å². The van der Waals surface area contributed by atoms with Crippen molar-refractivity contribution in [1.82, 2.24) is 16.2 Å². The van der Waals surface area contributed by atoms with Crippen LogP contribution in [0.25, 0.3) is 0 Å². The van der Waals surface area contributed by atoms with Crippen LogP contribution in [0.4, 0.5) is 5.69 Å². The van der Waals surface area contributed by atoms with E-state index >= 15 is 0 Å². The number of para-hydroxylation sites is 1. The first-order valence-corrected chi connectivity index (χ1v) is 8.10. The van der Waals surface area contributed by atoms with E-state index < -0.39 is 22.4 Å².